The molecule has 20 heavy (non-hydrogen) atoms. The molecular weight excluding hydrogens is 254 g/mol. The number of pyridine rings is 1. The van der Waals surface area contributed by atoms with Crippen LogP contribution in [0.5, 0.6) is 5.75 Å². The molecule has 5 nitrogen and oxygen atoms in total. The van der Waals surface area contributed by atoms with Crippen LogP contribution in [0.15, 0.2) is 42.6 Å². The quantitative estimate of drug-likeness (QED) is 0.788. The predicted octanol–water partition coefficient (Wildman–Crippen LogP) is 1.60. The van der Waals surface area contributed by atoms with E-state index in [1.54, 1.807) is 42.6 Å². The van der Waals surface area contributed by atoms with Crippen molar-refractivity contribution >= 4 is 11.6 Å². The number of aryl methyl sites for hydroxylation is 1. The Hall–Kier alpha value is -2.40. The maximum Gasteiger partial charge on any atom is 0.241 e. The molecule has 1 aromatic heterocycles. The number of amides is 1. The van der Waals surface area contributed by atoms with Crippen molar-refractivity contribution in [2.45, 2.75) is 19.4 Å². The number of hydrogen-bond acceptors (Lipinski definition) is 4. The normalized spacial score (nSPS) is 11.9. The lowest BCUT2D eigenvalue weighted by Gasteiger charge is -2.13. The number of benzene rings is 1. The summed E-state index contributed by atoms with van der Waals surface area (Å²) in [7, 11) is 0. The number of anilines is 1. The number of hydrogen-bond donors (Lipinski definition) is 3. The van der Waals surface area contributed by atoms with Crippen molar-refractivity contribution in [3.8, 4) is 5.75 Å². The zero-order valence-corrected chi connectivity index (χ0v) is 11.2. The number of phenolic OH excluding ortho intramolecular Hbond substituents is 1. The van der Waals surface area contributed by atoms with Gasteiger partial charge < -0.3 is 16.2 Å². The van der Waals surface area contributed by atoms with E-state index in [0.717, 1.165) is 11.3 Å². The van der Waals surface area contributed by atoms with Gasteiger partial charge in [0.1, 0.15) is 5.75 Å². The molecule has 1 amide bonds. The van der Waals surface area contributed by atoms with Crippen LogP contribution in [0.4, 0.5) is 5.69 Å². The van der Waals surface area contributed by atoms with Crippen LogP contribution in [0.1, 0.15) is 11.3 Å². The third-order valence-electron chi connectivity index (χ3n) is 2.99. The molecule has 0 radical (unpaired) electrons. The van der Waals surface area contributed by atoms with Crippen LogP contribution >= 0.6 is 0 Å². The molecule has 5 heteroatoms. The van der Waals surface area contributed by atoms with Crippen LogP contribution in [0.2, 0.25) is 0 Å². The Morgan fingerprint density at radius 3 is 2.70 bits per heavy atom. The number of nitrogens with two attached hydrogens (primary N) is 1. The molecule has 2 aromatic rings. The van der Waals surface area contributed by atoms with Crippen molar-refractivity contribution in [3.05, 3.63) is 53.9 Å². The second-order valence-corrected chi connectivity index (χ2v) is 4.60. The Morgan fingerprint density at radius 1 is 1.35 bits per heavy atom. The topological polar surface area (TPSA) is 88.2 Å². The Balaban J connectivity index is 1.99. The zero-order valence-electron chi connectivity index (χ0n) is 11.2. The summed E-state index contributed by atoms with van der Waals surface area (Å²) in [4.78, 5) is 16.1. The summed E-state index contributed by atoms with van der Waals surface area (Å²) in [5.74, 6) is -0.0630. The van der Waals surface area contributed by atoms with E-state index in [-0.39, 0.29) is 11.7 Å². The minimum atomic E-state index is -0.654. The van der Waals surface area contributed by atoms with Gasteiger partial charge in [-0.05, 0) is 43.2 Å². The first kappa shape index (κ1) is 14.0. The third-order valence-corrected chi connectivity index (χ3v) is 2.99. The van der Waals surface area contributed by atoms with Crippen LogP contribution < -0.4 is 11.1 Å². The van der Waals surface area contributed by atoms with Gasteiger partial charge in [-0.15, -0.1) is 0 Å². The van der Waals surface area contributed by atoms with Crippen molar-refractivity contribution in [2.24, 2.45) is 5.73 Å². The summed E-state index contributed by atoms with van der Waals surface area (Å²) in [5, 5.41) is 12.0. The lowest BCUT2D eigenvalue weighted by molar-refractivity contribution is -0.117. The van der Waals surface area contributed by atoms with E-state index in [1.165, 1.54) is 0 Å². The second kappa shape index (κ2) is 6.16. The fourth-order valence-corrected chi connectivity index (χ4v) is 1.82. The van der Waals surface area contributed by atoms with E-state index >= 15 is 0 Å². The molecule has 4 N–H and O–H groups in total. The van der Waals surface area contributed by atoms with E-state index in [0.29, 0.717) is 12.1 Å². The highest BCUT2D eigenvalue weighted by molar-refractivity contribution is 5.95. The predicted molar refractivity (Wildman–Crippen MR) is 77.4 cm³/mol. The highest BCUT2D eigenvalue weighted by atomic mass is 16.3. The molecule has 0 saturated carbocycles. The maximum atomic E-state index is 12.0. The summed E-state index contributed by atoms with van der Waals surface area (Å²) in [6.45, 7) is 1.82. The average molecular weight is 271 g/mol. The number of aromatic hydroxyl groups is 1. The first-order valence-electron chi connectivity index (χ1n) is 6.32. The van der Waals surface area contributed by atoms with E-state index in [9.17, 15) is 9.90 Å². The van der Waals surface area contributed by atoms with Crippen LogP contribution in [0, 0.1) is 6.92 Å². The number of phenols is 1. The molecule has 0 spiro atoms. The molecule has 1 heterocycles. The summed E-state index contributed by atoms with van der Waals surface area (Å²) in [6, 6.07) is 9.53. The Morgan fingerprint density at radius 2 is 2.05 bits per heavy atom. The van der Waals surface area contributed by atoms with Gasteiger partial charge in [0.15, 0.2) is 0 Å². The minimum Gasteiger partial charge on any atom is -0.508 e. The Labute approximate surface area is 117 Å². The molecule has 0 aliphatic rings. The number of nitrogens with zero attached hydrogens (tertiary/aromatic N) is 1. The number of nitrogens with one attached hydrogen (secondary N) is 1. The molecule has 104 valence electrons. The Bertz CT molecular complexity index is 596. The van der Waals surface area contributed by atoms with E-state index in [4.69, 9.17) is 5.73 Å². The van der Waals surface area contributed by atoms with Gasteiger partial charge >= 0.3 is 0 Å². The standard InChI is InChI=1S/C15H17N3O2/c1-10-14(3-2-8-17-10)18-15(20)13(16)9-11-4-6-12(19)7-5-11/h2-8,13,19H,9,16H2,1H3,(H,18,20)/t13-/m0/s1. The fourth-order valence-electron chi connectivity index (χ4n) is 1.82. The van der Waals surface area contributed by atoms with E-state index in [2.05, 4.69) is 10.3 Å². The fraction of sp³-hybridized carbons (Fsp3) is 0.200. The van der Waals surface area contributed by atoms with E-state index in [1.807, 2.05) is 6.92 Å². The molecule has 0 unspecified atom stereocenters. The van der Waals surface area contributed by atoms with Gasteiger partial charge in [0.2, 0.25) is 5.91 Å². The molecule has 0 fully saturated rings. The lowest BCUT2D eigenvalue weighted by Crippen LogP contribution is -2.37. The number of carbonyl (C=O) groups is 1. The zero-order chi connectivity index (χ0) is 14.5. The van der Waals surface area contributed by atoms with E-state index < -0.39 is 6.04 Å². The molecule has 2 rings (SSSR count). The van der Waals surface area contributed by atoms with Crippen molar-refractivity contribution < 1.29 is 9.90 Å². The van der Waals surface area contributed by atoms with Crippen molar-refractivity contribution in [1.82, 2.24) is 4.98 Å². The second-order valence-electron chi connectivity index (χ2n) is 4.60. The van der Waals surface area contributed by atoms with Gasteiger partial charge in [-0.25, -0.2) is 0 Å². The van der Waals surface area contributed by atoms with Gasteiger partial charge in [0, 0.05) is 6.20 Å². The van der Waals surface area contributed by atoms with Gasteiger partial charge in [-0.1, -0.05) is 12.1 Å². The molecule has 0 aliphatic heterocycles. The number of carbonyl (C=O) groups excluding carboxylic acids is 1. The van der Waals surface area contributed by atoms with Crippen LogP contribution in [0.25, 0.3) is 0 Å². The highest BCUT2D eigenvalue weighted by Crippen LogP contribution is 2.13. The average Bonchev–Trinajstić information content (AvgIpc) is 2.44. The summed E-state index contributed by atoms with van der Waals surface area (Å²) >= 11 is 0. The number of aromatic nitrogens is 1. The summed E-state index contributed by atoms with van der Waals surface area (Å²) in [5.41, 5.74) is 8.20. The van der Waals surface area contributed by atoms with Crippen LogP contribution in [0.3, 0.4) is 0 Å². The van der Waals surface area contributed by atoms with Crippen molar-refractivity contribution in [3.63, 3.8) is 0 Å². The van der Waals surface area contributed by atoms with Gasteiger partial charge in [-0.3, -0.25) is 9.78 Å². The van der Waals surface area contributed by atoms with Crippen molar-refractivity contribution in [1.29, 1.82) is 0 Å². The van der Waals surface area contributed by atoms with Gasteiger partial charge in [0.05, 0.1) is 17.4 Å². The van der Waals surface area contributed by atoms with Gasteiger partial charge in [-0.2, -0.15) is 0 Å². The summed E-state index contributed by atoms with van der Waals surface area (Å²) in [6.07, 6.45) is 2.08. The van der Waals surface area contributed by atoms with Crippen LogP contribution in [-0.4, -0.2) is 22.0 Å². The lowest BCUT2D eigenvalue weighted by atomic mass is 10.1. The first-order chi connectivity index (χ1) is 9.56. The third kappa shape index (κ3) is 3.55. The largest absolute Gasteiger partial charge is 0.508 e. The first-order valence-corrected chi connectivity index (χ1v) is 6.32. The van der Waals surface area contributed by atoms with Gasteiger partial charge in [0.25, 0.3) is 0 Å². The molecule has 0 bridgehead atoms. The molecule has 1 aromatic carbocycles. The number of rotatable bonds is 4. The van der Waals surface area contributed by atoms with Crippen molar-refractivity contribution in [2.75, 3.05) is 5.32 Å². The molecule has 1 atom stereocenters. The molecule has 0 aliphatic carbocycles. The molecular formula is C15H17N3O2. The van der Waals surface area contributed by atoms with Crippen LogP contribution in [-0.2, 0) is 11.2 Å². The Kier molecular flexibility index (Phi) is 4.32. The molecule has 0 saturated heterocycles. The minimum absolute atomic E-state index is 0.192. The smallest absolute Gasteiger partial charge is 0.241 e. The SMILES string of the molecule is Cc1ncccc1NC(=O)[C@@H](N)Cc1ccc(O)cc1. The highest BCUT2D eigenvalue weighted by Gasteiger charge is 2.15. The monoisotopic (exact) mass is 271 g/mol. The summed E-state index contributed by atoms with van der Waals surface area (Å²) < 4.78 is 0. The maximum absolute atomic E-state index is 12.0.